The third-order valence-electron chi connectivity index (χ3n) is 3.59. The molecular formula is C15H14N2O5S2. The van der Waals surface area contributed by atoms with Gasteiger partial charge in [-0.15, -0.1) is 11.3 Å². The Balaban J connectivity index is 1.75. The summed E-state index contributed by atoms with van der Waals surface area (Å²) in [6.07, 6.45) is 0.516. The first-order chi connectivity index (χ1) is 11.3. The van der Waals surface area contributed by atoms with E-state index < -0.39 is 27.4 Å². The van der Waals surface area contributed by atoms with Crippen LogP contribution in [0.1, 0.15) is 22.5 Å². The number of amides is 1. The number of carbonyl (C=O) groups excluding carboxylic acids is 1. The lowest BCUT2D eigenvalue weighted by Gasteiger charge is -2.11. The Kier molecular flexibility index (Phi) is 4.16. The van der Waals surface area contributed by atoms with Crippen LogP contribution in [0.5, 0.6) is 0 Å². The smallest absolute Gasteiger partial charge is 0.324 e. The van der Waals surface area contributed by atoms with Crippen molar-refractivity contribution >= 4 is 38.9 Å². The Bertz CT molecular complexity index is 886. The van der Waals surface area contributed by atoms with E-state index >= 15 is 0 Å². The van der Waals surface area contributed by atoms with Crippen LogP contribution in [0.3, 0.4) is 0 Å². The summed E-state index contributed by atoms with van der Waals surface area (Å²) < 4.78 is 26.7. The quantitative estimate of drug-likeness (QED) is 0.723. The molecule has 0 aliphatic heterocycles. The number of carboxylic acids is 1. The van der Waals surface area contributed by atoms with Crippen LogP contribution in [-0.2, 0) is 14.8 Å². The van der Waals surface area contributed by atoms with Crippen molar-refractivity contribution in [3.63, 3.8) is 0 Å². The minimum Gasteiger partial charge on any atom is -0.480 e. The minimum atomic E-state index is -3.98. The number of hydrogen-bond acceptors (Lipinski definition) is 5. The summed E-state index contributed by atoms with van der Waals surface area (Å²) >= 11 is 0.792. The molecule has 7 nitrogen and oxygen atoms in total. The fourth-order valence-corrected chi connectivity index (χ4v) is 4.71. The van der Waals surface area contributed by atoms with Gasteiger partial charge in [0, 0.05) is 5.69 Å². The Morgan fingerprint density at radius 2 is 1.75 bits per heavy atom. The zero-order valence-electron chi connectivity index (χ0n) is 12.4. The van der Waals surface area contributed by atoms with Gasteiger partial charge in [-0.05, 0) is 37.1 Å². The summed E-state index contributed by atoms with van der Waals surface area (Å²) in [5.41, 5.74) is -0.809. The van der Waals surface area contributed by atoms with Gasteiger partial charge >= 0.3 is 5.97 Å². The van der Waals surface area contributed by atoms with Crippen LogP contribution in [0.15, 0.2) is 46.7 Å². The fraction of sp³-hybridized carbons (Fsp3) is 0.200. The molecule has 126 valence electrons. The lowest BCUT2D eigenvalue weighted by molar-refractivity contribution is -0.140. The largest absolute Gasteiger partial charge is 0.480 e. The normalized spacial score (nSPS) is 15.7. The van der Waals surface area contributed by atoms with Crippen LogP contribution in [0, 0.1) is 0 Å². The van der Waals surface area contributed by atoms with Gasteiger partial charge in [-0.2, -0.15) is 4.72 Å². The van der Waals surface area contributed by atoms with Crippen LogP contribution < -0.4 is 10.0 Å². The van der Waals surface area contributed by atoms with Gasteiger partial charge < -0.3 is 10.4 Å². The number of rotatable bonds is 6. The summed E-state index contributed by atoms with van der Waals surface area (Å²) in [5.74, 6) is -1.61. The van der Waals surface area contributed by atoms with E-state index in [4.69, 9.17) is 5.11 Å². The zero-order valence-corrected chi connectivity index (χ0v) is 14.0. The average molecular weight is 366 g/mol. The van der Waals surface area contributed by atoms with Crippen LogP contribution in [0.4, 0.5) is 5.69 Å². The summed E-state index contributed by atoms with van der Waals surface area (Å²) in [7, 11) is -3.98. The first-order valence-corrected chi connectivity index (χ1v) is 9.36. The van der Waals surface area contributed by atoms with Gasteiger partial charge in [0.1, 0.15) is 9.75 Å². The number of carbonyl (C=O) groups is 2. The van der Waals surface area contributed by atoms with E-state index in [0.29, 0.717) is 5.69 Å². The average Bonchev–Trinajstić information content (AvgIpc) is 3.13. The predicted molar refractivity (Wildman–Crippen MR) is 88.6 cm³/mol. The van der Waals surface area contributed by atoms with Gasteiger partial charge in [-0.25, -0.2) is 8.42 Å². The van der Waals surface area contributed by atoms with E-state index in [0.717, 1.165) is 11.3 Å². The maximum Gasteiger partial charge on any atom is 0.324 e. The van der Waals surface area contributed by atoms with Crippen molar-refractivity contribution in [2.75, 3.05) is 5.32 Å². The molecule has 1 amide bonds. The predicted octanol–water partition coefficient (Wildman–Crippen LogP) is 1.90. The molecule has 1 aromatic heterocycles. The zero-order chi connectivity index (χ0) is 17.4. The molecule has 1 aromatic carbocycles. The van der Waals surface area contributed by atoms with Gasteiger partial charge in [0.05, 0.1) is 4.88 Å². The van der Waals surface area contributed by atoms with Crippen molar-refractivity contribution in [2.24, 2.45) is 0 Å². The molecule has 0 spiro atoms. The molecule has 0 radical (unpaired) electrons. The van der Waals surface area contributed by atoms with Gasteiger partial charge in [-0.3, -0.25) is 9.59 Å². The van der Waals surface area contributed by atoms with E-state index in [1.165, 1.54) is 12.1 Å². The van der Waals surface area contributed by atoms with E-state index in [1.54, 1.807) is 24.3 Å². The second-order valence-corrected chi connectivity index (χ2v) is 8.42. The molecule has 0 saturated heterocycles. The molecule has 0 atom stereocenters. The second kappa shape index (κ2) is 6.00. The summed E-state index contributed by atoms with van der Waals surface area (Å²) in [6.45, 7) is 0. The lowest BCUT2D eigenvalue weighted by atomic mass is 10.3. The fourth-order valence-electron chi connectivity index (χ4n) is 2.09. The molecular weight excluding hydrogens is 352 g/mol. The topological polar surface area (TPSA) is 113 Å². The van der Waals surface area contributed by atoms with Gasteiger partial charge in [0.15, 0.2) is 0 Å². The molecule has 9 heteroatoms. The highest BCUT2D eigenvalue weighted by Crippen LogP contribution is 2.37. The Labute approximate surface area is 142 Å². The van der Waals surface area contributed by atoms with Crippen molar-refractivity contribution in [1.29, 1.82) is 0 Å². The maximum atomic E-state index is 12.3. The van der Waals surface area contributed by atoms with Crippen LogP contribution in [-0.4, -0.2) is 30.9 Å². The Hall–Kier alpha value is -2.23. The molecule has 0 unspecified atom stereocenters. The highest BCUT2D eigenvalue weighted by molar-refractivity contribution is 7.91. The van der Waals surface area contributed by atoms with Crippen molar-refractivity contribution in [3.8, 4) is 0 Å². The first kappa shape index (κ1) is 16.6. The number of sulfonamides is 1. The van der Waals surface area contributed by atoms with E-state index in [2.05, 4.69) is 10.0 Å². The van der Waals surface area contributed by atoms with Crippen molar-refractivity contribution in [2.45, 2.75) is 22.6 Å². The summed E-state index contributed by atoms with van der Waals surface area (Å²) in [4.78, 5) is 23.5. The SMILES string of the molecule is O=C(Nc1ccccc1)c1ccc(S(=O)(=O)NC2(C(=O)O)CC2)s1. The number of nitrogens with one attached hydrogen (secondary N) is 2. The monoisotopic (exact) mass is 366 g/mol. The number of para-hydroxylation sites is 1. The number of benzene rings is 1. The van der Waals surface area contributed by atoms with Gasteiger partial charge in [0.2, 0.25) is 0 Å². The number of aliphatic carboxylic acids is 1. The molecule has 1 aliphatic carbocycles. The first-order valence-electron chi connectivity index (χ1n) is 7.06. The van der Waals surface area contributed by atoms with Crippen molar-refractivity contribution in [1.82, 2.24) is 4.72 Å². The van der Waals surface area contributed by atoms with Gasteiger partial charge in [-0.1, -0.05) is 18.2 Å². The second-order valence-electron chi connectivity index (χ2n) is 5.43. The van der Waals surface area contributed by atoms with Crippen molar-refractivity contribution in [3.05, 3.63) is 47.3 Å². The van der Waals surface area contributed by atoms with Crippen LogP contribution >= 0.6 is 11.3 Å². The standard InChI is InChI=1S/C15H14N2O5S2/c18-13(16-10-4-2-1-3-5-10)11-6-7-12(23-11)24(21,22)17-15(8-9-15)14(19)20/h1-7,17H,8-9H2,(H,16,18)(H,19,20). The number of thiophene rings is 1. The van der Waals surface area contributed by atoms with Crippen LogP contribution in [0.25, 0.3) is 0 Å². The summed E-state index contributed by atoms with van der Waals surface area (Å²) in [5, 5.41) is 11.7. The molecule has 0 bridgehead atoms. The third-order valence-corrected chi connectivity index (χ3v) is 6.70. The molecule has 1 fully saturated rings. The Morgan fingerprint density at radius 3 is 2.33 bits per heavy atom. The Morgan fingerprint density at radius 1 is 1.08 bits per heavy atom. The van der Waals surface area contributed by atoms with Crippen molar-refractivity contribution < 1.29 is 23.1 Å². The highest BCUT2D eigenvalue weighted by Gasteiger charge is 2.53. The van der Waals surface area contributed by atoms with E-state index in [-0.39, 0.29) is 21.9 Å². The number of anilines is 1. The maximum absolute atomic E-state index is 12.3. The number of carboxylic acid groups (broad SMARTS) is 1. The molecule has 2 aromatic rings. The minimum absolute atomic E-state index is 0.0896. The molecule has 3 rings (SSSR count). The summed E-state index contributed by atoms with van der Waals surface area (Å²) in [6, 6.07) is 11.5. The third kappa shape index (κ3) is 3.32. The highest BCUT2D eigenvalue weighted by atomic mass is 32.2. The molecule has 1 heterocycles. The molecule has 1 aliphatic rings. The van der Waals surface area contributed by atoms with Crippen LogP contribution in [0.2, 0.25) is 0 Å². The van der Waals surface area contributed by atoms with Gasteiger partial charge in [0.25, 0.3) is 15.9 Å². The lowest BCUT2D eigenvalue weighted by Crippen LogP contribution is -2.42. The number of hydrogen-bond donors (Lipinski definition) is 3. The molecule has 3 N–H and O–H groups in total. The molecule has 24 heavy (non-hydrogen) atoms. The molecule has 1 saturated carbocycles. The van der Waals surface area contributed by atoms with E-state index in [1.807, 2.05) is 6.07 Å². The van der Waals surface area contributed by atoms with E-state index in [9.17, 15) is 18.0 Å².